The summed E-state index contributed by atoms with van der Waals surface area (Å²) >= 11 is 3.88. The van der Waals surface area contributed by atoms with Crippen LogP contribution in [0.15, 0.2) is 0 Å². The zero-order valence-corrected chi connectivity index (χ0v) is 13.6. The molecular weight excluding hydrogens is 276 g/mol. The highest BCUT2D eigenvalue weighted by molar-refractivity contribution is 9.09. The van der Waals surface area contributed by atoms with E-state index >= 15 is 0 Å². The van der Waals surface area contributed by atoms with E-state index in [1.54, 1.807) is 0 Å². The molecule has 0 N–H and O–H groups in total. The van der Waals surface area contributed by atoms with Crippen LogP contribution in [0.2, 0.25) is 0 Å². The summed E-state index contributed by atoms with van der Waals surface area (Å²) in [6.07, 6.45) is 9.45. The molecule has 3 unspecified atom stereocenters. The van der Waals surface area contributed by atoms with E-state index in [-0.39, 0.29) is 5.60 Å². The van der Waals surface area contributed by atoms with Crippen LogP contribution in [-0.4, -0.2) is 17.5 Å². The maximum Gasteiger partial charge on any atom is 0.0622 e. The molecule has 1 fully saturated rings. The molecule has 102 valence electrons. The Hall–Kier alpha value is 0.440. The molecule has 2 heteroatoms. The monoisotopic (exact) mass is 304 g/mol. The summed E-state index contributed by atoms with van der Waals surface area (Å²) in [6, 6.07) is 0. The number of hydrogen-bond acceptors (Lipinski definition) is 1. The van der Waals surface area contributed by atoms with Gasteiger partial charge in [0.25, 0.3) is 0 Å². The fourth-order valence-corrected chi connectivity index (χ4v) is 3.67. The van der Waals surface area contributed by atoms with Gasteiger partial charge in [-0.2, -0.15) is 0 Å². The van der Waals surface area contributed by atoms with Crippen LogP contribution >= 0.6 is 15.9 Å². The van der Waals surface area contributed by atoms with E-state index in [1.807, 2.05) is 7.11 Å². The average Bonchev–Trinajstić information content (AvgIpc) is 2.30. The molecule has 1 nitrogen and oxygen atoms in total. The molecule has 0 amide bonds. The first kappa shape index (κ1) is 15.5. The second-order valence-electron chi connectivity index (χ2n) is 6.25. The quantitative estimate of drug-likeness (QED) is 0.615. The van der Waals surface area contributed by atoms with Crippen molar-refractivity contribution < 1.29 is 4.74 Å². The van der Waals surface area contributed by atoms with Crippen molar-refractivity contribution in [1.82, 2.24) is 0 Å². The van der Waals surface area contributed by atoms with Crippen molar-refractivity contribution in [2.75, 3.05) is 7.11 Å². The summed E-state index contributed by atoms with van der Waals surface area (Å²) < 4.78 is 5.52. The maximum atomic E-state index is 5.52. The standard InChI is InChI=1S/C15H29BrO/c1-5-6-12-7-8-14(16)13(11-12)9-10-15(2,3)17-4/h12-14H,5-11H2,1-4H3. The van der Waals surface area contributed by atoms with E-state index in [0.717, 1.165) is 16.7 Å². The Morgan fingerprint density at radius 3 is 2.53 bits per heavy atom. The summed E-state index contributed by atoms with van der Waals surface area (Å²) in [5, 5.41) is 0. The number of ether oxygens (including phenoxy) is 1. The number of alkyl halides is 1. The van der Waals surface area contributed by atoms with Crippen LogP contribution in [-0.2, 0) is 4.74 Å². The first-order valence-corrected chi connectivity index (χ1v) is 8.09. The lowest BCUT2D eigenvalue weighted by atomic mass is 9.76. The molecule has 0 aromatic heterocycles. The minimum atomic E-state index is 0.0461. The summed E-state index contributed by atoms with van der Waals surface area (Å²) in [6.45, 7) is 6.70. The van der Waals surface area contributed by atoms with Gasteiger partial charge in [-0.25, -0.2) is 0 Å². The Labute approximate surface area is 116 Å². The zero-order valence-electron chi connectivity index (χ0n) is 12.0. The molecule has 1 rings (SSSR count). The highest BCUT2D eigenvalue weighted by atomic mass is 79.9. The third-order valence-corrected chi connectivity index (χ3v) is 5.57. The van der Waals surface area contributed by atoms with E-state index in [9.17, 15) is 0 Å². The molecule has 0 heterocycles. The second-order valence-corrected chi connectivity index (χ2v) is 7.42. The Morgan fingerprint density at radius 2 is 1.94 bits per heavy atom. The molecule has 17 heavy (non-hydrogen) atoms. The Balaban J connectivity index is 2.39. The number of rotatable bonds is 6. The summed E-state index contributed by atoms with van der Waals surface area (Å²) in [4.78, 5) is 0.739. The molecule has 0 aromatic carbocycles. The van der Waals surface area contributed by atoms with Gasteiger partial charge in [0.2, 0.25) is 0 Å². The Bertz CT molecular complexity index is 215. The highest BCUT2D eigenvalue weighted by Crippen LogP contribution is 2.39. The third-order valence-electron chi connectivity index (χ3n) is 4.36. The fraction of sp³-hybridized carbons (Fsp3) is 1.00. The average molecular weight is 305 g/mol. The van der Waals surface area contributed by atoms with Crippen LogP contribution in [0.1, 0.15) is 65.7 Å². The lowest BCUT2D eigenvalue weighted by Gasteiger charge is -2.35. The van der Waals surface area contributed by atoms with Gasteiger partial charge in [-0.05, 0) is 57.8 Å². The van der Waals surface area contributed by atoms with Crippen LogP contribution in [0.3, 0.4) is 0 Å². The zero-order chi connectivity index (χ0) is 12.9. The maximum absolute atomic E-state index is 5.52. The SMILES string of the molecule is CCCC1CCC(Br)C(CCC(C)(C)OC)C1. The number of hydrogen-bond donors (Lipinski definition) is 0. The summed E-state index contributed by atoms with van der Waals surface area (Å²) in [5.74, 6) is 1.83. The molecule has 1 saturated carbocycles. The second kappa shape index (κ2) is 7.13. The van der Waals surface area contributed by atoms with Crippen molar-refractivity contribution in [3.8, 4) is 0 Å². The number of halogens is 1. The van der Waals surface area contributed by atoms with E-state index in [4.69, 9.17) is 4.74 Å². The van der Waals surface area contributed by atoms with Gasteiger partial charge in [-0.1, -0.05) is 35.7 Å². The Kier molecular flexibility index (Phi) is 6.50. The lowest BCUT2D eigenvalue weighted by Crippen LogP contribution is -2.29. The molecule has 0 radical (unpaired) electrons. The molecule has 0 spiro atoms. The topological polar surface area (TPSA) is 9.23 Å². The van der Waals surface area contributed by atoms with E-state index in [0.29, 0.717) is 0 Å². The van der Waals surface area contributed by atoms with Gasteiger partial charge in [-0.3, -0.25) is 0 Å². The Morgan fingerprint density at radius 1 is 1.24 bits per heavy atom. The third kappa shape index (κ3) is 5.30. The van der Waals surface area contributed by atoms with Crippen LogP contribution < -0.4 is 0 Å². The van der Waals surface area contributed by atoms with Crippen molar-refractivity contribution in [1.29, 1.82) is 0 Å². The molecule has 0 saturated heterocycles. The van der Waals surface area contributed by atoms with Crippen molar-refractivity contribution in [2.45, 2.75) is 76.1 Å². The van der Waals surface area contributed by atoms with Crippen LogP contribution in [0.4, 0.5) is 0 Å². The first-order valence-electron chi connectivity index (χ1n) is 7.17. The van der Waals surface area contributed by atoms with Crippen molar-refractivity contribution >= 4 is 15.9 Å². The van der Waals surface area contributed by atoms with E-state index in [1.165, 1.54) is 44.9 Å². The summed E-state index contributed by atoms with van der Waals surface area (Å²) in [7, 11) is 1.83. The molecule has 0 aromatic rings. The van der Waals surface area contributed by atoms with Crippen LogP contribution in [0.5, 0.6) is 0 Å². The molecule has 0 aliphatic heterocycles. The molecule has 1 aliphatic rings. The smallest absolute Gasteiger partial charge is 0.0622 e. The largest absolute Gasteiger partial charge is 0.379 e. The summed E-state index contributed by atoms with van der Waals surface area (Å²) in [5.41, 5.74) is 0.0461. The molecule has 3 atom stereocenters. The van der Waals surface area contributed by atoms with E-state index in [2.05, 4.69) is 36.7 Å². The van der Waals surface area contributed by atoms with Gasteiger partial charge in [0.15, 0.2) is 0 Å². The van der Waals surface area contributed by atoms with Gasteiger partial charge >= 0.3 is 0 Å². The number of methoxy groups -OCH3 is 1. The van der Waals surface area contributed by atoms with Gasteiger partial charge in [0.1, 0.15) is 0 Å². The lowest BCUT2D eigenvalue weighted by molar-refractivity contribution is 0.00847. The first-order chi connectivity index (χ1) is 7.98. The molecule has 0 bridgehead atoms. The van der Waals surface area contributed by atoms with Crippen molar-refractivity contribution in [2.24, 2.45) is 11.8 Å². The van der Waals surface area contributed by atoms with Gasteiger partial charge < -0.3 is 4.74 Å². The van der Waals surface area contributed by atoms with Crippen molar-refractivity contribution in [3.63, 3.8) is 0 Å². The van der Waals surface area contributed by atoms with Gasteiger partial charge in [-0.15, -0.1) is 0 Å². The normalized spacial score (nSPS) is 30.5. The van der Waals surface area contributed by atoms with E-state index < -0.39 is 0 Å². The van der Waals surface area contributed by atoms with Gasteiger partial charge in [0, 0.05) is 11.9 Å². The molecule has 1 aliphatic carbocycles. The van der Waals surface area contributed by atoms with Crippen molar-refractivity contribution in [3.05, 3.63) is 0 Å². The fourth-order valence-electron chi connectivity index (χ4n) is 2.93. The van der Waals surface area contributed by atoms with Gasteiger partial charge in [0.05, 0.1) is 5.60 Å². The molecular formula is C15H29BrO. The predicted octanol–water partition coefficient (Wildman–Crippen LogP) is 5.17. The van der Waals surface area contributed by atoms with Crippen LogP contribution in [0.25, 0.3) is 0 Å². The highest BCUT2D eigenvalue weighted by Gasteiger charge is 2.29. The minimum absolute atomic E-state index is 0.0461. The minimum Gasteiger partial charge on any atom is -0.379 e. The van der Waals surface area contributed by atoms with Crippen LogP contribution in [0, 0.1) is 11.8 Å². The predicted molar refractivity (Wildman–Crippen MR) is 78.8 cm³/mol.